The Balaban J connectivity index is 4.98. The second kappa shape index (κ2) is 7.90. The summed E-state index contributed by atoms with van der Waals surface area (Å²) in [5.41, 5.74) is 1.25. The number of hydrogen-bond acceptors (Lipinski definition) is 3. The molecule has 0 atom stereocenters. The Morgan fingerprint density at radius 1 is 1.22 bits per heavy atom. The van der Waals surface area contributed by atoms with Crippen LogP contribution in [0.5, 0.6) is 0 Å². The van der Waals surface area contributed by atoms with E-state index in [2.05, 4.69) is 0 Å². The maximum atomic E-state index is 11.9. The molecule has 4 heteroatoms. The smallest absolute Gasteiger partial charge is 0.335 e. The van der Waals surface area contributed by atoms with Crippen LogP contribution < -0.4 is 0 Å². The van der Waals surface area contributed by atoms with E-state index >= 15 is 0 Å². The molecule has 0 rings (SSSR count). The minimum absolute atomic E-state index is 0.0257. The lowest BCUT2D eigenvalue weighted by molar-refractivity contribution is -0.138. The molecule has 0 aliphatic heterocycles. The molecule has 104 valence electrons. The van der Waals surface area contributed by atoms with Gasteiger partial charge in [0.2, 0.25) is 5.91 Å². The average molecular weight is 255 g/mol. The van der Waals surface area contributed by atoms with Crippen molar-refractivity contribution < 1.29 is 14.3 Å². The topological polar surface area (TPSA) is 46.6 Å². The molecule has 0 aliphatic rings. The molecule has 0 aromatic rings. The largest absolute Gasteiger partial charge is 0.463 e. The van der Waals surface area contributed by atoms with E-state index in [0.717, 1.165) is 0 Å². The predicted molar refractivity (Wildman–Crippen MR) is 71.8 cm³/mol. The standard InChI is InChI=1S/C14H25NO3/c1-7-12(14(17)18-8-2)11(5)15(6)13(16)9-10(3)4/h10H,7-9H2,1-6H3/b12-11-. The summed E-state index contributed by atoms with van der Waals surface area (Å²) < 4.78 is 4.99. The first kappa shape index (κ1) is 16.7. The molecule has 0 saturated heterocycles. The second-order valence-corrected chi connectivity index (χ2v) is 4.69. The fourth-order valence-electron chi connectivity index (χ4n) is 1.64. The van der Waals surface area contributed by atoms with Gasteiger partial charge in [-0.2, -0.15) is 0 Å². The van der Waals surface area contributed by atoms with Gasteiger partial charge in [0.1, 0.15) is 0 Å². The van der Waals surface area contributed by atoms with Crippen LogP contribution in [0.25, 0.3) is 0 Å². The summed E-state index contributed by atoms with van der Waals surface area (Å²) in [6.45, 7) is 9.78. The first-order valence-corrected chi connectivity index (χ1v) is 6.48. The van der Waals surface area contributed by atoms with Gasteiger partial charge >= 0.3 is 5.97 Å². The van der Waals surface area contributed by atoms with Crippen LogP contribution in [-0.4, -0.2) is 30.4 Å². The van der Waals surface area contributed by atoms with Crippen LogP contribution in [0.3, 0.4) is 0 Å². The van der Waals surface area contributed by atoms with Crippen molar-refractivity contribution >= 4 is 11.9 Å². The molecule has 18 heavy (non-hydrogen) atoms. The highest BCUT2D eigenvalue weighted by Gasteiger charge is 2.19. The molecule has 0 N–H and O–H groups in total. The van der Waals surface area contributed by atoms with Crippen molar-refractivity contribution in [1.29, 1.82) is 0 Å². The lowest BCUT2D eigenvalue weighted by Gasteiger charge is -2.21. The monoisotopic (exact) mass is 255 g/mol. The van der Waals surface area contributed by atoms with Crippen molar-refractivity contribution in [2.45, 2.75) is 47.5 Å². The van der Waals surface area contributed by atoms with Crippen molar-refractivity contribution in [3.05, 3.63) is 11.3 Å². The van der Waals surface area contributed by atoms with Crippen LogP contribution in [0, 0.1) is 5.92 Å². The van der Waals surface area contributed by atoms with E-state index in [1.54, 1.807) is 25.8 Å². The fraction of sp³-hybridized carbons (Fsp3) is 0.714. The van der Waals surface area contributed by atoms with Crippen LogP contribution in [-0.2, 0) is 14.3 Å². The third kappa shape index (κ3) is 4.90. The van der Waals surface area contributed by atoms with Gasteiger partial charge < -0.3 is 9.64 Å². The van der Waals surface area contributed by atoms with Crippen molar-refractivity contribution in [3.63, 3.8) is 0 Å². The van der Waals surface area contributed by atoms with E-state index in [0.29, 0.717) is 36.6 Å². The zero-order chi connectivity index (χ0) is 14.3. The normalized spacial score (nSPS) is 12.2. The van der Waals surface area contributed by atoms with Crippen LogP contribution in [0.4, 0.5) is 0 Å². The molecule has 0 bridgehead atoms. The third-order valence-corrected chi connectivity index (χ3v) is 2.77. The van der Waals surface area contributed by atoms with Crippen LogP contribution >= 0.6 is 0 Å². The maximum Gasteiger partial charge on any atom is 0.335 e. The highest BCUT2D eigenvalue weighted by atomic mass is 16.5. The van der Waals surface area contributed by atoms with Gasteiger partial charge in [-0.05, 0) is 26.2 Å². The Hall–Kier alpha value is -1.32. The van der Waals surface area contributed by atoms with E-state index in [-0.39, 0.29) is 11.9 Å². The Morgan fingerprint density at radius 2 is 1.78 bits per heavy atom. The number of nitrogens with zero attached hydrogens (tertiary/aromatic N) is 1. The Labute approximate surface area is 110 Å². The molecule has 0 radical (unpaired) electrons. The van der Waals surface area contributed by atoms with Gasteiger partial charge in [0.25, 0.3) is 0 Å². The van der Waals surface area contributed by atoms with Gasteiger partial charge in [-0.1, -0.05) is 20.8 Å². The number of esters is 1. The number of carbonyl (C=O) groups is 2. The van der Waals surface area contributed by atoms with E-state index in [9.17, 15) is 9.59 Å². The number of hydrogen-bond donors (Lipinski definition) is 0. The number of amides is 1. The molecule has 0 saturated carbocycles. The van der Waals surface area contributed by atoms with Crippen LogP contribution in [0.1, 0.15) is 47.5 Å². The molecular weight excluding hydrogens is 230 g/mol. The van der Waals surface area contributed by atoms with Crippen LogP contribution in [0.2, 0.25) is 0 Å². The Kier molecular flexibility index (Phi) is 7.32. The van der Waals surface area contributed by atoms with Gasteiger partial charge in [-0.15, -0.1) is 0 Å². The number of ether oxygens (including phenoxy) is 1. The first-order valence-electron chi connectivity index (χ1n) is 6.48. The molecule has 0 heterocycles. The minimum Gasteiger partial charge on any atom is -0.463 e. The molecule has 1 amide bonds. The molecule has 0 spiro atoms. The van der Waals surface area contributed by atoms with Crippen molar-refractivity contribution in [2.75, 3.05) is 13.7 Å². The number of rotatable bonds is 6. The average Bonchev–Trinajstić information content (AvgIpc) is 2.28. The number of allylic oxidation sites excluding steroid dienone is 1. The summed E-state index contributed by atoms with van der Waals surface area (Å²) in [5, 5.41) is 0. The van der Waals surface area contributed by atoms with Crippen molar-refractivity contribution in [2.24, 2.45) is 5.92 Å². The zero-order valence-electron chi connectivity index (χ0n) is 12.4. The summed E-state index contributed by atoms with van der Waals surface area (Å²) in [5.74, 6) is -0.000125. The second-order valence-electron chi connectivity index (χ2n) is 4.69. The van der Waals surface area contributed by atoms with Gasteiger partial charge in [0, 0.05) is 19.2 Å². The minimum atomic E-state index is -0.332. The van der Waals surface area contributed by atoms with E-state index in [4.69, 9.17) is 4.74 Å². The Bertz CT molecular complexity index is 332. The fourth-order valence-corrected chi connectivity index (χ4v) is 1.64. The Morgan fingerprint density at radius 3 is 2.17 bits per heavy atom. The third-order valence-electron chi connectivity index (χ3n) is 2.77. The number of carbonyl (C=O) groups excluding carboxylic acids is 2. The highest BCUT2D eigenvalue weighted by molar-refractivity contribution is 5.90. The zero-order valence-corrected chi connectivity index (χ0v) is 12.4. The van der Waals surface area contributed by atoms with Gasteiger partial charge in [-0.3, -0.25) is 4.79 Å². The molecule has 0 unspecified atom stereocenters. The van der Waals surface area contributed by atoms with E-state index in [1.165, 1.54) is 0 Å². The first-order chi connectivity index (χ1) is 8.34. The van der Waals surface area contributed by atoms with E-state index < -0.39 is 0 Å². The quantitative estimate of drug-likeness (QED) is 0.541. The molecular formula is C14H25NO3. The van der Waals surface area contributed by atoms with Crippen molar-refractivity contribution in [3.8, 4) is 0 Å². The molecule has 0 fully saturated rings. The molecule has 4 nitrogen and oxygen atoms in total. The molecule has 0 aromatic carbocycles. The maximum absolute atomic E-state index is 11.9. The summed E-state index contributed by atoms with van der Waals surface area (Å²) in [6, 6.07) is 0. The van der Waals surface area contributed by atoms with Gasteiger partial charge in [0.15, 0.2) is 0 Å². The van der Waals surface area contributed by atoms with Gasteiger partial charge in [0.05, 0.1) is 12.2 Å². The summed E-state index contributed by atoms with van der Waals surface area (Å²) >= 11 is 0. The highest BCUT2D eigenvalue weighted by Crippen LogP contribution is 2.16. The summed E-state index contributed by atoms with van der Waals surface area (Å²) in [4.78, 5) is 25.2. The summed E-state index contributed by atoms with van der Waals surface area (Å²) in [6.07, 6.45) is 1.04. The summed E-state index contributed by atoms with van der Waals surface area (Å²) in [7, 11) is 1.70. The SMILES string of the molecule is CCOC(=O)/C(CC)=C(/C)N(C)C(=O)CC(C)C. The molecule has 0 aromatic heterocycles. The predicted octanol–water partition coefficient (Wildman–Crippen LogP) is 2.74. The van der Waals surface area contributed by atoms with Crippen molar-refractivity contribution in [1.82, 2.24) is 4.90 Å². The van der Waals surface area contributed by atoms with Gasteiger partial charge in [-0.25, -0.2) is 4.79 Å². The lowest BCUT2D eigenvalue weighted by atomic mass is 10.1. The van der Waals surface area contributed by atoms with Crippen LogP contribution in [0.15, 0.2) is 11.3 Å². The van der Waals surface area contributed by atoms with E-state index in [1.807, 2.05) is 20.8 Å². The lowest BCUT2D eigenvalue weighted by Crippen LogP contribution is -2.28. The molecule has 0 aliphatic carbocycles.